The lowest BCUT2D eigenvalue weighted by Gasteiger charge is -2.36. The summed E-state index contributed by atoms with van der Waals surface area (Å²) in [6.45, 7) is 0.349. The Morgan fingerprint density at radius 2 is 1.69 bits per heavy atom. The first-order valence-electron chi connectivity index (χ1n) is 3.86. The molecule has 1 spiro atoms. The van der Waals surface area contributed by atoms with Crippen LogP contribution in [0.4, 0.5) is 9.59 Å². The summed E-state index contributed by atoms with van der Waals surface area (Å²) in [6.07, 6.45) is -0.993. The molecule has 0 amide bonds. The highest BCUT2D eigenvalue weighted by atomic mass is 16.8. The fourth-order valence-electron chi connectivity index (χ4n) is 1.25. The standard InChI is InChI=1S/C7H8O6/c8-5-11-3-7(4-12-5)1-2-10-6(9)13-7/h1-4H2. The van der Waals surface area contributed by atoms with Gasteiger partial charge in [-0.25, -0.2) is 9.59 Å². The Morgan fingerprint density at radius 1 is 1.00 bits per heavy atom. The van der Waals surface area contributed by atoms with E-state index in [4.69, 9.17) is 4.74 Å². The van der Waals surface area contributed by atoms with Crippen LogP contribution in [-0.4, -0.2) is 37.7 Å². The maximum absolute atomic E-state index is 10.8. The van der Waals surface area contributed by atoms with Gasteiger partial charge in [-0.3, -0.25) is 0 Å². The number of rotatable bonds is 0. The highest BCUT2D eigenvalue weighted by molar-refractivity contribution is 5.63. The maximum atomic E-state index is 10.8. The molecule has 0 bridgehead atoms. The van der Waals surface area contributed by atoms with Gasteiger partial charge in [0.2, 0.25) is 0 Å². The van der Waals surface area contributed by atoms with Crippen LogP contribution in [0.5, 0.6) is 0 Å². The van der Waals surface area contributed by atoms with Crippen LogP contribution >= 0.6 is 0 Å². The van der Waals surface area contributed by atoms with Crippen molar-refractivity contribution < 1.29 is 28.5 Å². The van der Waals surface area contributed by atoms with E-state index in [0.29, 0.717) is 6.42 Å². The predicted octanol–water partition coefficient (Wildman–Crippen LogP) is 0.449. The molecule has 0 aromatic rings. The van der Waals surface area contributed by atoms with Crippen molar-refractivity contribution in [2.45, 2.75) is 12.0 Å². The van der Waals surface area contributed by atoms with Crippen LogP contribution in [0, 0.1) is 0 Å². The lowest BCUT2D eigenvalue weighted by Crippen LogP contribution is -2.52. The first-order chi connectivity index (χ1) is 6.20. The van der Waals surface area contributed by atoms with Gasteiger partial charge >= 0.3 is 12.3 Å². The monoisotopic (exact) mass is 188 g/mol. The van der Waals surface area contributed by atoms with Gasteiger partial charge in [0.1, 0.15) is 13.2 Å². The minimum Gasteiger partial charge on any atom is -0.434 e. The molecule has 2 saturated heterocycles. The predicted molar refractivity (Wildman–Crippen MR) is 37.1 cm³/mol. The van der Waals surface area contributed by atoms with Gasteiger partial charge in [-0.2, -0.15) is 0 Å². The SMILES string of the molecule is O=C1OCC2(CCOC(=O)O2)CO1. The highest BCUT2D eigenvalue weighted by Gasteiger charge is 2.44. The molecule has 0 N–H and O–H groups in total. The summed E-state index contributed by atoms with van der Waals surface area (Å²) in [5.41, 5.74) is -0.830. The van der Waals surface area contributed by atoms with Gasteiger partial charge < -0.3 is 18.9 Å². The molecular weight excluding hydrogens is 180 g/mol. The van der Waals surface area contributed by atoms with Crippen LogP contribution < -0.4 is 0 Å². The van der Waals surface area contributed by atoms with Crippen LogP contribution in [0.3, 0.4) is 0 Å². The Balaban J connectivity index is 2.03. The second kappa shape index (κ2) is 2.79. The lowest BCUT2D eigenvalue weighted by atomic mass is 10.0. The first kappa shape index (κ1) is 8.15. The van der Waals surface area contributed by atoms with Gasteiger partial charge in [0.05, 0.1) is 6.61 Å². The molecule has 13 heavy (non-hydrogen) atoms. The zero-order chi connectivity index (χ0) is 9.31. The summed E-state index contributed by atoms with van der Waals surface area (Å²) in [6, 6.07) is 0. The molecule has 0 saturated carbocycles. The van der Waals surface area contributed by atoms with Gasteiger partial charge in [-0.05, 0) is 0 Å². The van der Waals surface area contributed by atoms with E-state index >= 15 is 0 Å². The molecular formula is C7H8O6. The van der Waals surface area contributed by atoms with E-state index in [1.165, 1.54) is 0 Å². The van der Waals surface area contributed by atoms with E-state index < -0.39 is 17.9 Å². The lowest BCUT2D eigenvalue weighted by molar-refractivity contribution is -0.162. The van der Waals surface area contributed by atoms with E-state index in [1.54, 1.807) is 0 Å². The van der Waals surface area contributed by atoms with Crippen molar-refractivity contribution in [1.82, 2.24) is 0 Å². The van der Waals surface area contributed by atoms with Crippen molar-refractivity contribution in [1.29, 1.82) is 0 Å². The summed E-state index contributed by atoms with van der Waals surface area (Å²) in [4.78, 5) is 21.3. The van der Waals surface area contributed by atoms with Gasteiger partial charge in [0.25, 0.3) is 0 Å². The number of carbonyl (C=O) groups excluding carboxylic acids is 2. The van der Waals surface area contributed by atoms with Crippen molar-refractivity contribution in [3.63, 3.8) is 0 Å². The van der Waals surface area contributed by atoms with Crippen molar-refractivity contribution in [2.24, 2.45) is 0 Å². The largest absolute Gasteiger partial charge is 0.509 e. The van der Waals surface area contributed by atoms with Crippen LogP contribution in [0.25, 0.3) is 0 Å². The number of ether oxygens (including phenoxy) is 4. The van der Waals surface area contributed by atoms with E-state index in [2.05, 4.69) is 14.2 Å². The van der Waals surface area contributed by atoms with Gasteiger partial charge in [0.15, 0.2) is 5.60 Å². The topological polar surface area (TPSA) is 71.1 Å². The minimum absolute atomic E-state index is 0.0426. The van der Waals surface area contributed by atoms with Gasteiger partial charge in [-0.1, -0.05) is 0 Å². The molecule has 0 radical (unpaired) electrons. The Labute approximate surface area is 73.7 Å². The average Bonchev–Trinajstić information content (AvgIpc) is 2.11. The van der Waals surface area contributed by atoms with Gasteiger partial charge in [-0.15, -0.1) is 0 Å². The zero-order valence-corrected chi connectivity index (χ0v) is 6.78. The molecule has 6 heteroatoms. The molecule has 2 fully saturated rings. The fraction of sp³-hybridized carbons (Fsp3) is 0.714. The van der Waals surface area contributed by atoms with Crippen molar-refractivity contribution >= 4 is 12.3 Å². The summed E-state index contributed by atoms with van der Waals surface area (Å²) in [5.74, 6) is 0. The van der Waals surface area contributed by atoms with Crippen LogP contribution in [0.15, 0.2) is 0 Å². The summed E-state index contributed by atoms with van der Waals surface area (Å²) in [7, 11) is 0. The molecule has 0 unspecified atom stereocenters. The number of cyclic esters (lactones) is 3. The van der Waals surface area contributed by atoms with E-state index in [1.807, 2.05) is 0 Å². The summed E-state index contributed by atoms with van der Waals surface area (Å²) >= 11 is 0. The molecule has 0 aromatic carbocycles. The number of carbonyl (C=O) groups is 2. The summed E-state index contributed by atoms with van der Waals surface area (Å²) in [5, 5.41) is 0. The minimum atomic E-state index is -0.830. The Morgan fingerprint density at radius 3 is 2.31 bits per heavy atom. The third-order valence-electron chi connectivity index (χ3n) is 1.98. The molecule has 0 aromatic heterocycles. The second-order valence-electron chi connectivity index (χ2n) is 2.96. The normalized spacial score (nSPS) is 25.5. The highest BCUT2D eigenvalue weighted by Crippen LogP contribution is 2.25. The van der Waals surface area contributed by atoms with E-state index in [0.717, 1.165) is 0 Å². The van der Waals surface area contributed by atoms with Crippen LogP contribution in [0.1, 0.15) is 6.42 Å². The van der Waals surface area contributed by atoms with E-state index in [-0.39, 0.29) is 19.8 Å². The fourth-order valence-corrected chi connectivity index (χ4v) is 1.25. The Kier molecular flexibility index (Phi) is 1.75. The zero-order valence-electron chi connectivity index (χ0n) is 6.78. The molecule has 2 rings (SSSR count). The molecule has 2 heterocycles. The van der Waals surface area contributed by atoms with Crippen LogP contribution in [-0.2, 0) is 18.9 Å². The number of hydrogen-bond donors (Lipinski definition) is 0. The molecule has 0 aliphatic carbocycles. The second-order valence-corrected chi connectivity index (χ2v) is 2.96. The van der Waals surface area contributed by atoms with Crippen molar-refractivity contribution in [3.05, 3.63) is 0 Å². The van der Waals surface area contributed by atoms with Gasteiger partial charge in [0, 0.05) is 6.42 Å². The molecule has 72 valence electrons. The maximum Gasteiger partial charge on any atom is 0.509 e. The Hall–Kier alpha value is -1.46. The first-order valence-corrected chi connectivity index (χ1v) is 3.86. The Bertz CT molecular complexity index is 237. The van der Waals surface area contributed by atoms with E-state index in [9.17, 15) is 9.59 Å². The molecule has 2 aliphatic heterocycles. The quantitative estimate of drug-likeness (QED) is 0.514. The van der Waals surface area contributed by atoms with Crippen molar-refractivity contribution in [3.8, 4) is 0 Å². The number of hydrogen-bond acceptors (Lipinski definition) is 6. The summed E-state index contributed by atoms with van der Waals surface area (Å²) < 4.78 is 18.7. The van der Waals surface area contributed by atoms with Crippen LogP contribution in [0.2, 0.25) is 0 Å². The molecule has 0 atom stereocenters. The van der Waals surface area contributed by atoms with Crippen molar-refractivity contribution in [2.75, 3.05) is 19.8 Å². The smallest absolute Gasteiger partial charge is 0.434 e. The average molecular weight is 188 g/mol. The third kappa shape index (κ3) is 1.51. The third-order valence-corrected chi connectivity index (χ3v) is 1.98. The molecule has 2 aliphatic rings. The molecule has 6 nitrogen and oxygen atoms in total.